The van der Waals surface area contributed by atoms with Crippen molar-refractivity contribution in [2.24, 2.45) is 0 Å². The molecule has 2 rings (SSSR count). The summed E-state index contributed by atoms with van der Waals surface area (Å²) < 4.78 is 0. The number of aromatic nitrogens is 1. The van der Waals surface area contributed by atoms with Crippen molar-refractivity contribution >= 4 is 11.6 Å². The van der Waals surface area contributed by atoms with Gasteiger partial charge in [-0.05, 0) is 12.1 Å². The summed E-state index contributed by atoms with van der Waals surface area (Å²) in [5.74, 6) is -0.146. The molecule has 0 radical (unpaired) electrons. The van der Waals surface area contributed by atoms with E-state index in [9.17, 15) is 4.79 Å². The minimum Gasteiger partial charge on any atom is -0.368 e. The third kappa shape index (κ3) is 3.70. The van der Waals surface area contributed by atoms with E-state index in [-0.39, 0.29) is 5.91 Å². The lowest BCUT2D eigenvalue weighted by molar-refractivity contribution is 0.0958. The first-order chi connectivity index (χ1) is 8.81. The molecule has 5 nitrogen and oxygen atoms in total. The van der Waals surface area contributed by atoms with Crippen molar-refractivity contribution < 1.29 is 4.79 Å². The van der Waals surface area contributed by atoms with Gasteiger partial charge in [0.1, 0.15) is 5.69 Å². The number of piperazine rings is 1. The fourth-order valence-electron chi connectivity index (χ4n) is 1.76. The molecule has 2 N–H and O–H groups in total. The summed E-state index contributed by atoms with van der Waals surface area (Å²) in [4.78, 5) is 17.7. The Morgan fingerprint density at radius 1 is 1.33 bits per heavy atom. The van der Waals surface area contributed by atoms with Crippen LogP contribution in [0.1, 0.15) is 24.3 Å². The van der Waals surface area contributed by atoms with E-state index < -0.39 is 0 Å². The number of pyridine rings is 1. The summed E-state index contributed by atoms with van der Waals surface area (Å²) >= 11 is 0. The maximum atomic E-state index is 11.3. The molecule has 1 amide bonds. The molecule has 0 atom stereocenters. The first-order valence-corrected chi connectivity index (χ1v) is 6.45. The highest BCUT2D eigenvalue weighted by Gasteiger charge is 2.11. The van der Waals surface area contributed by atoms with Gasteiger partial charge in [0, 0.05) is 33.2 Å². The van der Waals surface area contributed by atoms with Crippen LogP contribution in [0.5, 0.6) is 0 Å². The van der Waals surface area contributed by atoms with Gasteiger partial charge < -0.3 is 15.5 Å². The third-order valence-electron chi connectivity index (χ3n) is 2.69. The van der Waals surface area contributed by atoms with Gasteiger partial charge in [0.25, 0.3) is 5.91 Å². The van der Waals surface area contributed by atoms with Crippen LogP contribution in [0, 0.1) is 0 Å². The Hall–Kier alpha value is -1.62. The zero-order valence-corrected chi connectivity index (χ0v) is 11.4. The predicted molar refractivity (Wildman–Crippen MR) is 74.1 cm³/mol. The van der Waals surface area contributed by atoms with E-state index in [0.717, 1.165) is 31.9 Å². The summed E-state index contributed by atoms with van der Waals surface area (Å²) in [7, 11) is 1.61. The maximum Gasteiger partial charge on any atom is 0.269 e. The Labute approximate surface area is 109 Å². The fourth-order valence-corrected chi connectivity index (χ4v) is 1.76. The lowest BCUT2D eigenvalue weighted by Gasteiger charge is -2.29. The Kier molecular flexibility index (Phi) is 6.14. The van der Waals surface area contributed by atoms with Crippen LogP contribution in [0.25, 0.3) is 0 Å². The molecule has 1 aliphatic heterocycles. The topological polar surface area (TPSA) is 57.3 Å². The van der Waals surface area contributed by atoms with Crippen LogP contribution in [-0.2, 0) is 0 Å². The zero-order valence-electron chi connectivity index (χ0n) is 11.4. The molecule has 0 unspecified atom stereocenters. The second kappa shape index (κ2) is 7.66. The summed E-state index contributed by atoms with van der Waals surface area (Å²) in [5.41, 5.74) is 1.54. The smallest absolute Gasteiger partial charge is 0.269 e. The highest BCUT2D eigenvalue weighted by atomic mass is 16.1. The van der Waals surface area contributed by atoms with Gasteiger partial charge in [-0.2, -0.15) is 0 Å². The molecule has 2 heterocycles. The van der Waals surface area contributed by atoms with Crippen molar-refractivity contribution in [3.63, 3.8) is 0 Å². The summed E-state index contributed by atoms with van der Waals surface area (Å²) in [5, 5.41) is 5.85. The van der Waals surface area contributed by atoms with Crippen LogP contribution in [-0.4, -0.2) is 44.1 Å². The van der Waals surface area contributed by atoms with Gasteiger partial charge in [-0.25, -0.2) is 4.98 Å². The normalized spacial score (nSPS) is 14.5. The molecule has 18 heavy (non-hydrogen) atoms. The summed E-state index contributed by atoms with van der Waals surface area (Å²) in [6.45, 7) is 7.97. The lowest BCUT2D eigenvalue weighted by atomic mass is 10.2. The van der Waals surface area contributed by atoms with E-state index in [1.807, 2.05) is 19.9 Å². The van der Waals surface area contributed by atoms with Crippen LogP contribution in [0.2, 0.25) is 0 Å². The molecule has 0 aliphatic carbocycles. The fraction of sp³-hybridized carbons (Fsp3) is 0.538. The van der Waals surface area contributed by atoms with Crippen LogP contribution >= 0.6 is 0 Å². The Morgan fingerprint density at radius 2 is 2.00 bits per heavy atom. The van der Waals surface area contributed by atoms with Crippen molar-refractivity contribution in [3.05, 3.63) is 24.0 Å². The monoisotopic (exact) mass is 250 g/mol. The van der Waals surface area contributed by atoms with Crippen molar-refractivity contribution in [3.8, 4) is 0 Å². The standard InChI is InChI=1S/C11H16N4O.C2H6/c1-12-11(16)10-3-2-9(8-14-10)15-6-4-13-5-7-15;1-2/h2-3,8,13H,4-7H2,1H3,(H,12,16);1-2H3. The molecule has 1 aliphatic rings. The molecule has 1 aromatic heterocycles. The average Bonchev–Trinajstić information content (AvgIpc) is 2.49. The molecule has 0 spiro atoms. The number of hydrogen-bond donors (Lipinski definition) is 2. The van der Waals surface area contributed by atoms with Gasteiger partial charge in [-0.3, -0.25) is 4.79 Å². The SMILES string of the molecule is CC.CNC(=O)c1ccc(N2CCNCC2)cn1. The Balaban J connectivity index is 0.000000771. The zero-order chi connectivity index (χ0) is 13.4. The third-order valence-corrected chi connectivity index (χ3v) is 2.69. The van der Waals surface area contributed by atoms with E-state index in [1.54, 1.807) is 19.3 Å². The van der Waals surface area contributed by atoms with Crippen LogP contribution < -0.4 is 15.5 Å². The van der Waals surface area contributed by atoms with Crippen molar-refractivity contribution in [2.75, 3.05) is 38.1 Å². The Bertz CT molecular complexity index is 358. The van der Waals surface area contributed by atoms with Crippen LogP contribution in [0.15, 0.2) is 18.3 Å². The van der Waals surface area contributed by atoms with Gasteiger partial charge in [-0.1, -0.05) is 13.8 Å². The second-order valence-electron chi connectivity index (χ2n) is 3.72. The lowest BCUT2D eigenvalue weighted by Crippen LogP contribution is -2.43. The number of amides is 1. The van der Waals surface area contributed by atoms with E-state index >= 15 is 0 Å². The number of nitrogens with one attached hydrogen (secondary N) is 2. The van der Waals surface area contributed by atoms with Gasteiger partial charge in [0.2, 0.25) is 0 Å². The van der Waals surface area contributed by atoms with E-state index in [4.69, 9.17) is 0 Å². The van der Waals surface area contributed by atoms with Crippen LogP contribution in [0.3, 0.4) is 0 Å². The van der Waals surface area contributed by atoms with Crippen molar-refractivity contribution in [1.82, 2.24) is 15.6 Å². The summed E-state index contributed by atoms with van der Waals surface area (Å²) in [6.07, 6.45) is 1.76. The van der Waals surface area contributed by atoms with Gasteiger partial charge >= 0.3 is 0 Å². The number of anilines is 1. The van der Waals surface area contributed by atoms with Gasteiger partial charge in [0.05, 0.1) is 11.9 Å². The largest absolute Gasteiger partial charge is 0.368 e. The van der Waals surface area contributed by atoms with Crippen LogP contribution in [0.4, 0.5) is 5.69 Å². The van der Waals surface area contributed by atoms with Crippen molar-refractivity contribution in [1.29, 1.82) is 0 Å². The minimum absolute atomic E-state index is 0.146. The molecular weight excluding hydrogens is 228 g/mol. The highest BCUT2D eigenvalue weighted by Crippen LogP contribution is 2.13. The van der Waals surface area contributed by atoms with E-state index in [1.165, 1.54) is 0 Å². The second-order valence-corrected chi connectivity index (χ2v) is 3.72. The maximum absolute atomic E-state index is 11.3. The summed E-state index contributed by atoms with van der Waals surface area (Å²) in [6, 6.07) is 3.71. The molecule has 0 aromatic carbocycles. The molecule has 0 bridgehead atoms. The first kappa shape index (κ1) is 14.4. The van der Waals surface area contributed by atoms with E-state index in [2.05, 4.69) is 20.5 Å². The van der Waals surface area contributed by atoms with Crippen molar-refractivity contribution in [2.45, 2.75) is 13.8 Å². The van der Waals surface area contributed by atoms with Gasteiger partial charge in [0.15, 0.2) is 0 Å². The van der Waals surface area contributed by atoms with E-state index in [0.29, 0.717) is 5.69 Å². The minimum atomic E-state index is -0.146. The number of hydrogen-bond acceptors (Lipinski definition) is 4. The number of nitrogens with zero attached hydrogens (tertiary/aromatic N) is 2. The number of rotatable bonds is 2. The first-order valence-electron chi connectivity index (χ1n) is 6.45. The molecule has 1 fully saturated rings. The predicted octanol–water partition coefficient (Wildman–Crippen LogP) is 0.877. The number of carbonyl (C=O) groups excluding carboxylic acids is 1. The average molecular weight is 250 g/mol. The molecular formula is C13H22N4O. The molecule has 100 valence electrons. The molecule has 0 saturated carbocycles. The Morgan fingerprint density at radius 3 is 2.50 bits per heavy atom. The highest BCUT2D eigenvalue weighted by molar-refractivity contribution is 5.92. The number of carbonyl (C=O) groups is 1. The molecule has 1 saturated heterocycles. The quantitative estimate of drug-likeness (QED) is 0.818. The molecule has 1 aromatic rings. The van der Waals surface area contributed by atoms with Gasteiger partial charge in [-0.15, -0.1) is 0 Å². The molecule has 5 heteroatoms.